The van der Waals surface area contributed by atoms with Gasteiger partial charge in [-0.25, -0.2) is 8.78 Å². The fourth-order valence-electron chi connectivity index (χ4n) is 2.30. The highest BCUT2D eigenvalue weighted by molar-refractivity contribution is 5.45. The quantitative estimate of drug-likeness (QED) is 0.613. The standard InChI is InChI=1S/C7F11O/c8-1-3(10,11)2(9,5(14,15)4(1,12)13)7(18,19)6(1,16)17. The summed E-state index contributed by atoms with van der Waals surface area (Å²) < 4.78 is 142. The highest BCUT2D eigenvalue weighted by atomic mass is 19.3. The minimum atomic E-state index is -6.98. The van der Waals surface area contributed by atoms with Crippen molar-refractivity contribution in [3.63, 3.8) is 0 Å². The smallest absolute Gasteiger partial charge is 0.223 e. The molecule has 1 nitrogen and oxygen atoms in total. The molecule has 2 bridgehead atoms. The van der Waals surface area contributed by atoms with E-state index in [1.54, 1.807) is 0 Å². The number of hydrogen-bond acceptors (Lipinski definition) is 0. The van der Waals surface area contributed by atoms with Gasteiger partial charge in [0.05, 0.1) is 0 Å². The second-order valence-electron chi connectivity index (χ2n) is 4.21. The summed E-state index contributed by atoms with van der Waals surface area (Å²) in [4.78, 5) is 0. The van der Waals surface area contributed by atoms with Crippen molar-refractivity contribution in [3.8, 4) is 0 Å². The highest BCUT2D eigenvalue weighted by Gasteiger charge is 3.17. The van der Waals surface area contributed by atoms with Gasteiger partial charge in [0, 0.05) is 0 Å². The van der Waals surface area contributed by atoms with Crippen LogP contribution in [-0.4, -0.2) is 40.9 Å². The maximum absolute atomic E-state index is 13.3. The van der Waals surface area contributed by atoms with Crippen molar-refractivity contribution in [2.24, 2.45) is 0 Å². The van der Waals surface area contributed by atoms with Crippen LogP contribution in [0.3, 0.4) is 0 Å². The largest absolute Gasteiger partial charge is 0.359 e. The van der Waals surface area contributed by atoms with E-state index in [4.69, 9.17) is 0 Å². The Hall–Kier alpha value is -0.810. The third kappa shape index (κ3) is 0.783. The summed E-state index contributed by atoms with van der Waals surface area (Å²) in [5.41, 5.74) is -13.9. The van der Waals surface area contributed by atoms with E-state index in [1.807, 2.05) is 0 Å². The van der Waals surface area contributed by atoms with E-state index in [1.165, 1.54) is 0 Å². The number of fused-ring (bicyclic) bond motifs is 2. The van der Waals surface area contributed by atoms with Crippen molar-refractivity contribution >= 4 is 0 Å². The van der Waals surface area contributed by atoms with Crippen LogP contribution in [0, 0.1) is 0 Å². The van der Waals surface area contributed by atoms with Crippen molar-refractivity contribution in [1.82, 2.24) is 0 Å². The molecule has 0 aromatic heterocycles. The van der Waals surface area contributed by atoms with Crippen molar-refractivity contribution < 1.29 is 53.4 Å². The van der Waals surface area contributed by atoms with Gasteiger partial charge < -0.3 is 0 Å². The molecule has 0 heterocycles. The molecule has 0 aliphatic heterocycles. The summed E-state index contributed by atoms with van der Waals surface area (Å²) in [5.74, 6) is -34.6. The van der Waals surface area contributed by atoms with Gasteiger partial charge >= 0.3 is 40.9 Å². The number of halogens is 11. The van der Waals surface area contributed by atoms with Crippen LogP contribution >= 0.6 is 0 Å². The van der Waals surface area contributed by atoms with E-state index in [9.17, 15) is 53.4 Å². The lowest BCUT2D eigenvalue weighted by Crippen LogP contribution is -2.75. The van der Waals surface area contributed by atoms with E-state index < -0.39 is 40.9 Å². The van der Waals surface area contributed by atoms with Crippen molar-refractivity contribution in [2.75, 3.05) is 0 Å². The summed E-state index contributed by atoms with van der Waals surface area (Å²) in [6.45, 7) is 0. The minimum Gasteiger partial charge on any atom is -0.223 e. The van der Waals surface area contributed by atoms with Crippen LogP contribution < -0.4 is 0 Å². The zero-order valence-corrected chi connectivity index (χ0v) is 8.07. The Balaban J connectivity index is 2.99. The molecule has 12 heteroatoms. The lowest BCUT2D eigenvalue weighted by atomic mass is 9.82. The van der Waals surface area contributed by atoms with Gasteiger partial charge in [-0.2, -0.15) is 44.6 Å². The molecule has 0 amide bonds. The van der Waals surface area contributed by atoms with Gasteiger partial charge in [0.2, 0.25) is 0 Å². The van der Waals surface area contributed by atoms with Crippen LogP contribution in [0.2, 0.25) is 0 Å². The monoisotopic (exact) mass is 309 g/mol. The van der Waals surface area contributed by atoms with E-state index in [2.05, 4.69) is 0 Å². The van der Waals surface area contributed by atoms with Gasteiger partial charge in [-0.3, -0.25) is 0 Å². The predicted molar refractivity (Wildman–Crippen MR) is 32.0 cm³/mol. The normalized spacial score (nSPS) is 52.4. The van der Waals surface area contributed by atoms with Gasteiger partial charge in [0.15, 0.2) is 0 Å². The van der Waals surface area contributed by atoms with Crippen molar-refractivity contribution in [2.45, 2.75) is 40.9 Å². The summed E-state index contributed by atoms with van der Waals surface area (Å²) in [6, 6.07) is 0. The van der Waals surface area contributed by atoms with Crippen LogP contribution in [-0.2, 0) is 5.11 Å². The van der Waals surface area contributed by atoms with Gasteiger partial charge in [0.1, 0.15) is 0 Å². The lowest BCUT2D eigenvalue weighted by Gasteiger charge is -2.42. The summed E-state index contributed by atoms with van der Waals surface area (Å²) in [7, 11) is 0. The Morgan fingerprint density at radius 3 is 1.00 bits per heavy atom. The maximum Gasteiger partial charge on any atom is 0.359 e. The highest BCUT2D eigenvalue weighted by Crippen LogP contribution is 2.82. The fraction of sp³-hybridized carbons (Fsp3) is 1.00. The fourth-order valence-corrected chi connectivity index (χ4v) is 2.30. The zero-order chi connectivity index (χ0) is 15.5. The molecule has 3 unspecified atom stereocenters. The molecule has 2 saturated carbocycles. The van der Waals surface area contributed by atoms with E-state index in [-0.39, 0.29) is 0 Å². The molecule has 2 fully saturated rings. The molecule has 2 rings (SSSR count). The Morgan fingerprint density at radius 1 is 0.421 bits per heavy atom. The Labute approximate surface area is 95.5 Å². The summed E-state index contributed by atoms with van der Waals surface area (Å²) >= 11 is 0. The second kappa shape index (κ2) is 2.66. The zero-order valence-electron chi connectivity index (χ0n) is 8.07. The first-order valence-corrected chi connectivity index (χ1v) is 4.28. The van der Waals surface area contributed by atoms with Crippen LogP contribution in [0.1, 0.15) is 0 Å². The van der Waals surface area contributed by atoms with Crippen molar-refractivity contribution in [1.29, 1.82) is 0 Å². The van der Waals surface area contributed by atoms with Crippen LogP contribution in [0.5, 0.6) is 0 Å². The SMILES string of the molecule is [O]C1(F)C(F)(F)C2(F)C(F)(F)C(F)(F)C1(F)C2(F)F. The first-order valence-electron chi connectivity index (χ1n) is 4.28. The van der Waals surface area contributed by atoms with E-state index in [0.29, 0.717) is 0 Å². The predicted octanol–water partition coefficient (Wildman–Crippen LogP) is 3.07. The number of hydrogen-bond donors (Lipinski definition) is 0. The van der Waals surface area contributed by atoms with E-state index >= 15 is 0 Å². The molecule has 1 radical (unpaired) electrons. The maximum atomic E-state index is 13.3. The van der Waals surface area contributed by atoms with Gasteiger partial charge in [-0.05, 0) is 0 Å². The van der Waals surface area contributed by atoms with Gasteiger partial charge in [-0.1, -0.05) is 0 Å². The van der Waals surface area contributed by atoms with Gasteiger partial charge in [-0.15, -0.1) is 0 Å². The van der Waals surface area contributed by atoms with Crippen LogP contribution in [0.4, 0.5) is 48.3 Å². The molecule has 0 aromatic carbocycles. The van der Waals surface area contributed by atoms with Crippen LogP contribution in [0.25, 0.3) is 0 Å². The summed E-state index contributed by atoms with van der Waals surface area (Å²) in [6.07, 6.45) is 0. The summed E-state index contributed by atoms with van der Waals surface area (Å²) in [5, 5.41) is 10.5. The Kier molecular flexibility index (Phi) is 2.04. The molecular weight excluding hydrogens is 309 g/mol. The molecule has 2 aliphatic carbocycles. The molecule has 0 spiro atoms. The van der Waals surface area contributed by atoms with Gasteiger partial charge in [0.25, 0.3) is 0 Å². The first-order chi connectivity index (χ1) is 8.00. The average Bonchev–Trinajstić information content (AvgIpc) is 2.32. The van der Waals surface area contributed by atoms with Crippen molar-refractivity contribution in [3.05, 3.63) is 0 Å². The molecular formula is C7F11O. The number of alkyl halides is 11. The average molecular weight is 309 g/mol. The molecule has 19 heavy (non-hydrogen) atoms. The third-order valence-corrected chi connectivity index (χ3v) is 3.40. The Morgan fingerprint density at radius 2 is 0.737 bits per heavy atom. The first kappa shape index (κ1) is 14.6. The number of rotatable bonds is 0. The molecule has 111 valence electrons. The Bertz CT molecular complexity index is 384. The van der Waals surface area contributed by atoms with E-state index in [0.717, 1.165) is 0 Å². The lowest BCUT2D eigenvalue weighted by molar-refractivity contribution is -0.431. The molecule has 0 aromatic rings. The topological polar surface area (TPSA) is 19.9 Å². The second-order valence-corrected chi connectivity index (χ2v) is 4.21. The molecule has 0 N–H and O–H groups in total. The molecule has 2 aliphatic rings. The van der Waals surface area contributed by atoms with Crippen LogP contribution in [0.15, 0.2) is 0 Å². The minimum absolute atomic E-state index is 6.77. The molecule has 3 atom stereocenters. The molecule has 0 saturated heterocycles. The third-order valence-electron chi connectivity index (χ3n) is 3.40.